The van der Waals surface area contributed by atoms with Crippen LogP contribution >= 0.6 is 0 Å². The number of nitriles is 1. The molecule has 0 saturated carbocycles. The molecule has 0 aliphatic heterocycles. The summed E-state index contributed by atoms with van der Waals surface area (Å²) in [5, 5.41) is 8.58. The van der Waals surface area contributed by atoms with E-state index in [9.17, 15) is 12.8 Å². The van der Waals surface area contributed by atoms with Crippen molar-refractivity contribution in [3.63, 3.8) is 0 Å². The monoisotopic (exact) mass is 301 g/mol. The zero-order chi connectivity index (χ0) is 15.2. The Balaban J connectivity index is 3.07. The SMILES string of the molecule is COCCN(CCC#N)S(=O)(=O)c1ccc(N)c(F)c1. The van der Waals surface area contributed by atoms with Crippen molar-refractivity contribution >= 4 is 15.7 Å². The van der Waals surface area contributed by atoms with Crippen molar-refractivity contribution in [1.29, 1.82) is 5.26 Å². The number of hydrogen-bond donors (Lipinski definition) is 1. The van der Waals surface area contributed by atoms with Crippen LogP contribution in [0.1, 0.15) is 6.42 Å². The second kappa shape index (κ2) is 7.19. The van der Waals surface area contributed by atoms with Crippen molar-refractivity contribution in [3.8, 4) is 6.07 Å². The summed E-state index contributed by atoms with van der Waals surface area (Å²) < 4.78 is 44.0. The Morgan fingerprint density at radius 1 is 1.45 bits per heavy atom. The molecule has 0 amide bonds. The molecule has 0 fully saturated rings. The first-order valence-corrected chi connectivity index (χ1v) is 7.28. The standard InChI is InChI=1S/C12H16FN3O3S/c1-19-8-7-16(6-2-5-14)20(17,18)10-3-4-12(15)11(13)9-10/h3-4,9H,2,6-8,15H2,1H3. The van der Waals surface area contributed by atoms with Crippen molar-refractivity contribution < 1.29 is 17.5 Å². The Bertz CT molecular complexity index is 598. The van der Waals surface area contributed by atoms with Gasteiger partial charge in [0.05, 0.1) is 23.3 Å². The van der Waals surface area contributed by atoms with E-state index in [-0.39, 0.29) is 36.7 Å². The van der Waals surface area contributed by atoms with Gasteiger partial charge in [0.1, 0.15) is 5.82 Å². The van der Waals surface area contributed by atoms with Gasteiger partial charge in [-0.3, -0.25) is 0 Å². The average Bonchev–Trinajstić information content (AvgIpc) is 2.41. The lowest BCUT2D eigenvalue weighted by Gasteiger charge is -2.20. The third-order valence-corrected chi connectivity index (χ3v) is 4.52. The lowest BCUT2D eigenvalue weighted by molar-refractivity contribution is 0.179. The average molecular weight is 301 g/mol. The van der Waals surface area contributed by atoms with Crippen molar-refractivity contribution in [2.45, 2.75) is 11.3 Å². The predicted octanol–water partition coefficient (Wildman–Crippen LogP) is 0.959. The number of halogens is 1. The zero-order valence-corrected chi connectivity index (χ0v) is 11.9. The van der Waals surface area contributed by atoms with E-state index in [1.165, 1.54) is 19.2 Å². The summed E-state index contributed by atoms with van der Waals surface area (Å²) in [7, 11) is -2.44. The third-order valence-electron chi connectivity index (χ3n) is 2.63. The minimum Gasteiger partial charge on any atom is -0.396 e. The fourth-order valence-corrected chi connectivity index (χ4v) is 2.97. The summed E-state index contributed by atoms with van der Waals surface area (Å²) in [6.07, 6.45) is 0.0421. The Hall–Kier alpha value is -1.69. The number of benzene rings is 1. The van der Waals surface area contributed by atoms with Gasteiger partial charge in [-0.1, -0.05) is 0 Å². The van der Waals surface area contributed by atoms with Crippen LogP contribution in [0.2, 0.25) is 0 Å². The molecule has 6 nitrogen and oxygen atoms in total. The van der Waals surface area contributed by atoms with Gasteiger partial charge in [-0.15, -0.1) is 0 Å². The summed E-state index contributed by atoms with van der Waals surface area (Å²) in [6.45, 7) is 0.294. The normalized spacial score (nSPS) is 11.5. The first-order chi connectivity index (χ1) is 9.43. The molecule has 0 heterocycles. The molecule has 0 radical (unpaired) electrons. The van der Waals surface area contributed by atoms with Gasteiger partial charge in [0.15, 0.2) is 0 Å². The van der Waals surface area contributed by atoms with Gasteiger partial charge in [0.2, 0.25) is 10.0 Å². The van der Waals surface area contributed by atoms with Crippen LogP contribution in [-0.2, 0) is 14.8 Å². The molecule has 1 aromatic carbocycles. The van der Waals surface area contributed by atoms with Gasteiger partial charge in [-0.05, 0) is 18.2 Å². The maximum absolute atomic E-state index is 13.4. The van der Waals surface area contributed by atoms with Gasteiger partial charge >= 0.3 is 0 Å². The number of nitrogens with zero attached hydrogens (tertiary/aromatic N) is 2. The number of nitrogen functional groups attached to an aromatic ring is 1. The summed E-state index contributed by atoms with van der Waals surface area (Å²) in [5.74, 6) is -0.793. The lowest BCUT2D eigenvalue weighted by Crippen LogP contribution is -2.34. The lowest BCUT2D eigenvalue weighted by atomic mass is 10.3. The number of sulfonamides is 1. The number of ether oxygens (including phenoxy) is 1. The highest BCUT2D eigenvalue weighted by Gasteiger charge is 2.24. The third kappa shape index (κ3) is 3.90. The largest absolute Gasteiger partial charge is 0.396 e. The fraction of sp³-hybridized carbons (Fsp3) is 0.417. The topological polar surface area (TPSA) is 96.4 Å². The van der Waals surface area contributed by atoms with Crippen LogP contribution in [0.3, 0.4) is 0 Å². The smallest absolute Gasteiger partial charge is 0.243 e. The van der Waals surface area contributed by atoms with Crippen LogP contribution in [0.4, 0.5) is 10.1 Å². The highest BCUT2D eigenvalue weighted by Crippen LogP contribution is 2.20. The van der Waals surface area contributed by atoms with Gasteiger partial charge in [0.25, 0.3) is 0 Å². The van der Waals surface area contributed by atoms with Crippen molar-refractivity contribution in [3.05, 3.63) is 24.0 Å². The first kappa shape index (κ1) is 16.4. The van der Waals surface area contributed by atoms with Gasteiger partial charge in [-0.25, -0.2) is 12.8 Å². The second-order valence-electron chi connectivity index (χ2n) is 3.99. The minimum atomic E-state index is -3.88. The molecular weight excluding hydrogens is 285 g/mol. The van der Waals surface area contributed by atoms with E-state index in [2.05, 4.69) is 0 Å². The van der Waals surface area contributed by atoms with Crippen LogP contribution in [0.25, 0.3) is 0 Å². The molecule has 0 aliphatic rings. The molecule has 0 unspecified atom stereocenters. The van der Waals surface area contributed by atoms with Crippen molar-refractivity contribution in [2.24, 2.45) is 0 Å². The molecule has 110 valence electrons. The van der Waals surface area contributed by atoms with Gasteiger partial charge in [-0.2, -0.15) is 9.57 Å². The van der Waals surface area contributed by atoms with Crippen LogP contribution in [0.15, 0.2) is 23.1 Å². The number of nitrogens with two attached hydrogens (primary N) is 1. The minimum absolute atomic E-state index is 0.0220. The van der Waals surface area contributed by atoms with Crippen LogP contribution in [-0.4, -0.2) is 39.5 Å². The summed E-state index contributed by atoms with van der Waals surface area (Å²) in [4.78, 5) is -0.196. The first-order valence-electron chi connectivity index (χ1n) is 5.84. The molecule has 1 aromatic rings. The molecule has 0 atom stereocenters. The quantitative estimate of drug-likeness (QED) is 0.757. The maximum atomic E-state index is 13.4. The van der Waals surface area contributed by atoms with Crippen molar-refractivity contribution in [2.75, 3.05) is 32.5 Å². The number of anilines is 1. The molecule has 0 spiro atoms. The Morgan fingerprint density at radius 2 is 2.15 bits per heavy atom. The maximum Gasteiger partial charge on any atom is 0.243 e. The molecule has 0 bridgehead atoms. The van der Waals surface area contributed by atoms with Crippen LogP contribution < -0.4 is 5.73 Å². The van der Waals surface area contributed by atoms with Gasteiger partial charge in [0, 0.05) is 26.6 Å². The molecule has 2 N–H and O–H groups in total. The van der Waals surface area contributed by atoms with Crippen LogP contribution in [0, 0.1) is 17.1 Å². The Labute approximate surface area is 117 Å². The molecule has 0 saturated heterocycles. The summed E-state index contributed by atoms with van der Waals surface area (Å²) >= 11 is 0. The zero-order valence-electron chi connectivity index (χ0n) is 11.0. The number of hydrogen-bond acceptors (Lipinski definition) is 5. The van der Waals surface area contributed by atoms with Crippen LogP contribution in [0.5, 0.6) is 0 Å². The number of methoxy groups -OCH3 is 1. The second-order valence-corrected chi connectivity index (χ2v) is 5.93. The highest BCUT2D eigenvalue weighted by atomic mass is 32.2. The molecular formula is C12H16FN3O3S. The van der Waals surface area contributed by atoms with E-state index < -0.39 is 15.8 Å². The van der Waals surface area contributed by atoms with E-state index >= 15 is 0 Å². The van der Waals surface area contributed by atoms with E-state index in [0.717, 1.165) is 10.4 Å². The molecule has 20 heavy (non-hydrogen) atoms. The molecule has 0 aliphatic carbocycles. The molecule has 1 rings (SSSR count). The highest BCUT2D eigenvalue weighted by molar-refractivity contribution is 7.89. The van der Waals surface area contributed by atoms with E-state index in [1.54, 1.807) is 0 Å². The van der Waals surface area contributed by atoms with E-state index in [0.29, 0.717) is 0 Å². The Morgan fingerprint density at radius 3 is 2.70 bits per heavy atom. The van der Waals surface area contributed by atoms with Crippen molar-refractivity contribution in [1.82, 2.24) is 4.31 Å². The molecule has 8 heteroatoms. The van der Waals surface area contributed by atoms with E-state index in [4.69, 9.17) is 15.7 Å². The summed E-state index contributed by atoms with van der Waals surface area (Å²) in [5.41, 5.74) is 5.20. The molecule has 0 aromatic heterocycles. The van der Waals surface area contributed by atoms with E-state index in [1.807, 2.05) is 6.07 Å². The van der Waals surface area contributed by atoms with Gasteiger partial charge < -0.3 is 10.5 Å². The fourth-order valence-electron chi connectivity index (χ4n) is 1.54. The number of rotatable bonds is 7. The Kier molecular flexibility index (Phi) is 5.88. The predicted molar refractivity (Wildman–Crippen MR) is 71.7 cm³/mol. The summed E-state index contributed by atoms with van der Waals surface area (Å²) in [6, 6.07) is 5.18.